The molecule has 1 aliphatic carbocycles. The summed E-state index contributed by atoms with van der Waals surface area (Å²) < 4.78 is 7.40. The molecule has 102 valence electrons. The van der Waals surface area contributed by atoms with E-state index in [9.17, 15) is 0 Å². The molecular weight excluding hydrogens is 230 g/mol. The zero-order valence-corrected chi connectivity index (χ0v) is 11.1. The summed E-state index contributed by atoms with van der Waals surface area (Å²) in [6.07, 6.45) is 5.86. The SMILES string of the molecule is CCCCOCCCn1nnnc1CNC1CC1. The van der Waals surface area contributed by atoms with Crippen molar-refractivity contribution in [3.8, 4) is 0 Å². The minimum absolute atomic E-state index is 0.688. The minimum Gasteiger partial charge on any atom is -0.381 e. The summed E-state index contributed by atoms with van der Waals surface area (Å²) in [5, 5.41) is 15.2. The van der Waals surface area contributed by atoms with E-state index in [-0.39, 0.29) is 0 Å². The predicted molar refractivity (Wildman–Crippen MR) is 68.0 cm³/mol. The van der Waals surface area contributed by atoms with E-state index >= 15 is 0 Å². The number of aryl methyl sites for hydroxylation is 1. The number of nitrogens with zero attached hydrogens (tertiary/aromatic N) is 4. The smallest absolute Gasteiger partial charge is 0.165 e. The third-order valence-corrected chi connectivity index (χ3v) is 3.03. The standard InChI is InChI=1S/C12H23N5O/c1-2-3-8-18-9-4-7-17-12(14-15-16-17)10-13-11-5-6-11/h11,13H,2-10H2,1H3. The molecule has 1 N–H and O–H groups in total. The van der Waals surface area contributed by atoms with E-state index in [1.54, 1.807) is 0 Å². The van der Waals surface area contributed by atoms with E-state index < -0.39 is 0 Å². The van der Waals surface area contributed by atoms with Crippen molar-refractivity contribution in [2.24, 2.45) is 0 Å². The van der Waals surface area contributed by atoms with E-state index in [0.29, 0.717) is 6.04 Å². The number of hydrogen-bond donors (Lipinski definition) is 1. The fourth-order valence-corrected chi connectivity index (χ4v) is 1.71. The lowest BCUT2D eigenvalue weighted by atomic mass is 10.3. The van der Waals surface area contributed by atoms with Crippen LogP contribution in [0.2, 0.25) is 0 Å². The van der Waals surface area contributed by atoms with Gasteiger partial charge in [0.15, 0.2) is 5.82 Å². The molecule has 6 nitrogen and oxygen atoms in total. The Morgan fingerprint density at radius 3 is 2.94 bits per heavy atom. The van der Waals surface area contributed by atoms with Gasteiger partial charge in [0.05, 0.1) is 6.54 Å². The lowest BCUT2D eigenvalue weighted by Gasteiger charge is -2.06. The van der Waals surface area contributed by atoms with E-state index in [2.05, 4.69) is 27.8 Å². The molecule has 1 fully saturated rings. The molecule has 0 bridgehead atoms. The zero-order valence-electron chi connectivity index (χ0n) is 11.1. The molecule has 0 atom stereocenters. The van der Waals surface area contributed by atoms with Crippen LogP contribution in [0.15, 0.2) is 0 Å². The second kappa shape index (κ2) is 7.43. The first kappa shape index (κ1) is 13.4. The van der Waals surface area contributed by atoms with Gasteiger partial charge in [0, 0.05) is 25.8 Å². The fourth-order valence-electron chi connectivity index (χ4n) is 1.71. The summed E-state index contributed by atoms with van der Waals surface area (Å²) in [6, 6.07) is 0.688. The van der Waals surface area contributed by atoms with Crippen LogP contribution in [0.25, 0.3) is 0 Å². The summed E-state index contributed by atoms with van der Waals surface area (Å²) in [4.78, 5) is 0. The first-order valence-corrected chi connectivity index (χ1v) is 6.96. The Morgan fingerprint density at radius 1 is 1.33 bits per heavy atom. The maximum Gasteiger partial charge on any atom is 0.165 e. The Balaban J connectivity index is 1.60. The molecule has 18 heavy (non-hydrogen) atoms. The molecule has 0 radical (unpaired) electrons. The van der Waals surface area contributed by atoms with Crippen molar-refractivity contribution in [2.75, 3.05) is 13.2 Å². The maximum absolute atomic E-state index is 5.52. The van der Waals surface area contributed by atoms with Crippen LogP contribution in [-0.4, -0.2) is 39.5 Å². The molecule has 1 aliphatic rings. The average molecular weight is 253 g/mol. The zero-order chi connectivity index (χ0) is 12.6. The molecule has 0 unspecified atom stereocenters. The Morgan fingerprint density at radius 2 is 2.17 bits per heavy atom. The van der Waals surface area contributed by atoms with Gasteiger partial charge in [-0.2, -0.15) is 0 Å². The molecule has 0 spiro atoms. The second-order valence-corrected chi connectivity index (χ2v) is 4.79. The van der Waals surface area contributed by atoms with Crippen LogP contribution in [0.5, 0.6) is 0 Å². The molecule has 0 aliphatic heterocycles. The first-order chi connectivity index (χ1) is 8.90. The number of nitrogens with one attached hydrogen (secondary N) is 1. The number of tetrazole rings is 1. The third kappa shape index (κ3) is 4.70. The number of ether oxygens (including phenoxy) is 1. The van der Waals surface area contributed by atoms with Crippen molar-refractivity contribution in [3.63, 3.8) is 0 Å². The molecular formula is C12H23N5O. The van der Waals surface area contributed by atoms with Crippen molar-refractivity contribution in [1.29, 1.82) is 0 Å². The van der Waals surface area contributed by atoms with Crippen LogP contribution < -0.4 is 5.32 Å². The normalized spacial score (nSPS) is 15.2. The van der Waals surface area contributed by atoms with Gasteiger partial charge < -0.3 is 10.1 Å². The molecule has 0 amide bonds. The van der Waals surface area contributed by atoms with Crippen molar-refractivity contribution in [1.82, 2.24) is 25.5 Å². The van der Waals surface area contributed by atoms with E-state index in [4.69, 9.17) is 4.74 Å². The summed E-state index contributed by atoms with van der Waals surface area (Å²) in [6.45, 7) is 5.43. The van der Waals surface area contributed by atoms with Gasteiger partial charge in [-0.3, -0.25) is 0 Å². The van der Waals surface area contributed by atoms with Gasteiger partial charge in [0.1, 0.15) is 0 Å². The largest absolute Gasteiger partial charge is 0.381 e. The third-order valence-electron chi connectivity index (χ3n) is 3.03. The molecule has 0 saturated heterocycles. The highest BCUT2D eigenvalue weighted by Gasteiger charge is 2.21. The quantitative estimate of drug-likeness (QED) is 0.633. The van der Waals surface area contributed by atoms with Gasteiger partial charge in [-0.1, -0.05) is 13.3 Å². The number of rotatable bonds is 10. The van der Waals surface area contributed by atoms with Gasteiger partial charge in [-0.15, -0.1) is 5.10 Å². The predicted octanol–water partition coefficient (Wildman–Crippen LogP) is 1.13. The highest BCUT2D eigenvalue weighted by Crippen LogP contribution is 2.18. The molecule has 0 aromatic carbocycles. The molecule has 2 rings (SSSR count). The lowest BCUT2D eigenvalue weighted by Crippen LogP contribution is -2.19. The van der Waals surface area contributed by atoms with Gasteiger partial charge in [-0.05, 0) is 36.1 Å². The van der Waals surface area contributed by atoms with Crippen LogP contribution in [-0.2, 0) is 17.8 Å². The van der Waals surface area contributed by atoms with Crippen molar-refractivity contribution < 1.29 is 4.74 Å². The summed E-state index contributed by atoms with van der Waals surface area (Å²) in [5.41, 5.74) is 0. The molecule has 1 saturated carbocycles. The van der Waals surface area contributed by atoms with Gasteiger partial charge in [0.2, 0.25) is 0 Å². The molecule has 1 aromatic heterocycles. The molecule has 6 heteroatoms. The Labute approximate surface area is 108 Å². The van der Waals surface area contributed by atoms with E-state index in [0.717, 1.165) is 45.0 Å². The molecule has 1 heterocycles. The second-order valence-electron chi connectivity index (χ2n) is 4.79. The van der Waals surface area contributed by atoms with Gasteiger partial charge in [-0.25, -0.2) is 4.68 Å². The van der Waals surface area contributed by atoms with Crippen molar-refractivity contribution in [2.45, 2.75) is 58.2 Å². The van der Waals surface area contributed by atoms with Crippen LogP contribution >= 0.6 is 0 Å². The number of unbranched alkanes of at least 4 members (excludes halogenated alkanes) is 1. The summed E-state index contributed by atoms with van der Waals surface area (Å²) in [5.74, 6) is 0.926. The molecule has 1 aromatic rings. The highest BCUT2D eigenvalue weighted by atomic mass is 16.5. The van der Waals surface area contributed by atoms with Gasteiger partial charge >= 0.3 is 0 Å². The average Bonchev–Trinajstić information content (AvgIpc) is 3.11. The topological polar surface area (TPSA) is 64.9 Å². The number of aromatic nitrogens is 4. The Kier molecular flexibility index (Phi) is 5.54. The summed E-state index contributed by atoms with van der Waals surface area (Å²) in [7, 11) is 0. The highest BCUT2D eigenvalue weighted by molar-refractivity contribution is 4.86. The van der Waals surface area contributed by atoms with Crippen molar-refractivity contribution in [3.05, 3.63) is 5.82 Å². The summed E-state index contributed by atoms with van der Waals surface area (Å²) >= 11 is 0. The fraction of sp³-hybridized carbons (Fsp3) is 0.917. The maximum atomic E-state index is 5.52. The Bertz CT molecular complexity index is 337. The van der Waals surface area contributed by atoms with E-state index in [1.807, 2.05) is 4.68 Å². The van der Waals surface area contributed by atoms with Crippen LogP contribution in [0.4, 0.5) is 0 Å². The van der Waals surface area contributed by atoms with Gasteiger partial charge in [0.25, 0.3) is 0 Å². The van der Waals surface area contributed by atoms with E-state index in [1.165, 1.54) is 19.3 Å². The first-order valence-electron chi connectivity index (χ1n) is 6.96. The Hall–Kier alpha value is -1.01. The van der Waals surface area contributed by atoms with Crippen LogP contribution in [0.1, 0.15) is 44.9 Å². The monoisotopic (exact) mass is 253 g/mol. The number of hydrogen-bond acceptors (Lipinski definition) is 5. The minimum atomic E-state index is 0.688. The lowest BCUT2D eigenvalue weighted by molar-refractivity contribution is 0.125. The van der Waals surface area contributed by atoms with Crippen LogP contribution in [0, 0.1) is 0 Å². The van der Waals surface area contributed by atoms with Crippen LogP contribution in [0.3, 0.4) is 0 Å². The van der Waals surface area contributed by atoms with Crippen molar-refractivity contribution >= 4 is 0 Å².